The molecule has 1 aliphatic heterocycles. The molecule has 6 heteroatoms. The molecule has 0 N–H and O–H groups in total. The van der Waals surface area contributed by atoms with E-state index in [1.807, 2.05) is 24.3 Å². The normalized spacial score (nSPS) is 22.3. The van der Waals surface area contributed by atoms with E-state index < -0.39 is 0 Å². The minimum Gasteiger partial charge on any atom is -0.452 e. The van der Waals surface area contributed by atoms with Crippen molar-refractivity contribution >= 4 is 23.4 Å². The number of unbranched alkanes of at least 4 members (excludes halogenated alkanes) is 3. The summed E-state index contributed by atoms with van der Waals surface area (Å²) in [5.74, 6) is 0. The summed E-state index contributed by atoms with van der Waals surface area (Å²) in [6, 6.07) is 7.53. The van der Waals surface area contributed by atoms with E-state index in [2.05, 4.69) is 4.90 Å². The van der Waals surface area contributed by atoms with E-state index in [4.69, 9.17) is 21.1 Å². The molecule has 3 rings (SSSR count). The Hall–Kier alpha value is -1.30. The number of carbonyl (C=O) groups excluding carboxylic acids is 1. The number of likely N-dealkylation sites (tertiary alicyclic amines) is 1. The Morgan fingerprint density at radius 1 is 1.00 bits per heavy atom. The number of piperidine rings is 1. The number of hydrogen-bond donors (Lipinski definition) is 0. The molecular weight excluding hydrogens is 412 g/mol. The summed E-state index contributed by atoms with van der Waals surface area (Å²) < 4.78 is 11.2. The molecule has 2 fully saturated rings. The van der Waals surface area contributed by atoms with E-state index in [9.17, 15) is 4.79 Å². The lowest BCUT2D eigenvalue weighted by Crippen LogP contribution is -2.43. The zero-order chi connectivity index (χ0) is 21.9. The second kappa shape index (κ2) is 13.3. The number of benzene rings is 1. The minimum atomic E-state index is -0.309. The molecule has 2 aliphatic rings. The molecule has 0 bridgehead atoms. The van der Waals surface area contributed by atoms with Crippen LogP contribution in [-0.4, -0.2) is 56.5 Å². The van der Waals surface area contributed by atoms with Crippen molar-refractivity contribution in [3.05, 3.63) is 29.3 Å². The van der Waals surface area contributed by atoms with E-state index >= 15 is 0 Å². The third kappa shape index (κ3) is 7.96. The van der Waals surface area contributed by atoms with Gasteiger partial charge in [-0.25, -0.2) is 4.79 Å². The number of anilines is 1. The molecule has 31 heavy (non-hydrogen) atoms. The van der Waals surface area contributed by atoms with Gasteiger partial charge in [-0.15, -0.1) is 0 Å². The van der Waals surface area contributed by atoms with Gasteiger partial charge in [-0.2, -0.15) is 0 Å². The predicted molar refractivity (Wildman–Crippen MR) is 127 cm³/mol. The van der Waals surface area contributed by atoms with Crippen LogP contribution >= 0.6 is 11.6 Å². The summed E-state index contributed by atoms with van der Waals surface area (Å²) in [7, 11) is 1.44. The van der Waals surface area contributed by atoms with Gasteiger partial charge in [-0.1, -0.05) is 30.9 Å². The third-order valence-electron chi connectivity index (χ3n) is 6.66. The first-order chi connectivity index (χ1) is 15.2. The molecule has 1 aliphatic carbocycles. The van der Waals surface area contributed by atoms with Gasteiger partial charge in [0.1, 0.15) is 0 Å². The molecule has 1 aromatic rings. The molecule has 1 aromatic carbocycles. The standard InChI is InChI=1S/C25H39ClN2O3/c1-30-25(29)28(22-11-9-21(26)10-12-22)23-13-15-24(16-14-23)31-20-8-3-2-5-17-27-18-6-4-7-19-27/h9-12,23-24H,2-8,13-20H2,1H3. The fourth-order valence-corrected chi connectivity index (χ4v) is 4.99. The van der Waals surface area contributed by atoms with Crippen LogP contribution in [0.1, 0.15) is 70.6 Å². The van der Waals surface area contributed by atoms with Crippen molar-refractivity contribution in [2.24, 2.45) is 0 Å². The topological polar surface area (TPSA) is 42.0 Å². The van der Waals surface area contributed by atoms with Gasteiger partial charge in [-0.3, -0.25) is 4.90 Å². The summed E-state index contributed by atoms with van der Waals surface area (Å²) in [6.45, 7) is 4.74. The van der Waals surface area contributed by atoms with Crippen molar-refractivity contribution in [3.8, 4) is 0 Å². The molecule has 0 atom stereocenters. The number of ether oxygens (including phenoxy) is 2. The second-order valence-electron chi connectivity index (χ2n) is 8.93. The van der Waals surface area contributed by atoms with E-state index in [0.717, 1.165) is 44.4 Å². The average Bonchev–Trinajstić information content (AvgIpc) is 2.81. The van der Waals surface area contributed by atoms with Crippen molar-refractivity contribution in [1.29, 1.82) is 0 Å². The maximum Gasteiger partial charge on any atom is 0.414 e. The molecule has 5 nitrogen and oxygen atoms in total. The Balaban J connectivity index is 1.31. The fourth-order valence-electron chi connectivity index (χ4n) is 4.86. The van der Waals surface area contributed by atoms with Crippen molar-refractivity contribution in [2.75, 3.05) is 38.3 Å². The Bertz CT molecular complexity index is 641. The van der Waals surface area contributed by atoms with E-state index in [-0.39, 0.29) is 12.1 Å². The van der Waals surface area contributed by atoms with Gasteiger partial charge >= 0.3 is 6.09 Å². The highest BCUT2D eigenvalue weighted by molar-refractivity contribution is 6.30. The monoisotopic (exact) mass is 450 g/mol. The largest absolute Gasteiger partial charge is 0.452 e. The van der Waals surface area contributed by atoms with Gasteiger partial charge in [0.15, 0.2) is 0 Å². The average molecular weight is 451 g/mol. The number of methoxy groups -OCH3 is 1. The molecule has 0 unspecified atom stereocenters. The lowest BCUT2D eigenvalue weighted by molar-refractivity contribution is 0.0223. The number of amides is 1. The smallest absolute Gasteiger partial charge is 0.414 e. The Morgan fingerprint density at radius 3 is 2.35 bits per heavy atom. The molecule has 0 spiro atoms. The Morgan fingerprint density at radius 2 is 1.68 bits per heavy atom. The van der Waals surface area contributed by atoms with Crippen molar-refractivity contribution in [2.45, 2.75) is 82.8 Å². The van der Waals surface area contributed by atoms with Gasteiger partial charge in [0.25, 0.3) is 0 Å². The lowest BCUT2D eigenvalue weighted by Gasteiger charge is -2.36. The zero-order valence-electron chi connectivity index (χ0n) is 19.1. The minimum absolute atomic E-state index is 0.142. The van der Waals surface area contributed by atoms with Crippen LogP contribution in [0.4, 0.5) is 10.5 Å². The van der Waals surface area contributed by atoms with Crippen LogP contribution in [0.3, 0.4) is 0 Å². The molecule has 1 saturated heterocycles. The van der Waals surface area contributed by atoms with Crippen LogP contribution in [0.15, 0.2) is 24.3 Å². The molecule has 1 heterocycles. The second-order valence-corrected chi connectivity index (χ2v) is 9.37. The van der Waals surface area contributed by atoms with Crippen LogP contribution in [-0.2, 0) is 9.47 Å². The van der Waals surface area contributed by atoms with Crippen LogP contribution in [0.5, 0.6) is 0 Å². The summed E-state index contributed by atoms with van der Waals surface area (Å²) in [5, 5.41) is 0.664. The summed E-state index contributed by atoms with van der Waals surface area (Å²) >= 11 is 6.01. The van der Waals surface area contributed by atoms with Gasteiger partial charge < -0.3 is 14.4 Å². The van der Waals surface area contributed by atoms with Gasteiger partial charge in [0, 0.05) is 23.4 Å². The summed E-state index contributed by atoms with van der Waals surface area (Å²) in [5.41, 5.74) is 0.838. The third-order valence-corrected chi connectivity index (χ3v) is 6.91. The van der Waals surface area contributed by atoms with Crippen molar-refractivity contribution < 1.29 is 14.3 Å². The molecular formula is C25H39ClN2O3. The molecule has 0 radical (unpaired) electrons. The SMILES string of the molecule is COC(=O)N(c1ccc(Cl)cc1)C1CCC(OCCCCCCN2CCCCC2)CC1. The predicted octanol–water partition coefficient (Wildman–Crippen LogP) is 6.29. The maximum atomic E-state index is 12.4. The van der Waals surface area contributed by atoms with E-state index in [1.165, 1.54) is 65.3 Å². The Labute approximate surface area is 193 Å². The highest BCUT2D eigenvalue weighted by Gasteiger charge is 2.30. The molecule has 1 amide bonds. The lowest BCUT2D eigenvalue weighted by atomic mass is 9.91. The maximum absolute atomic E-state index is 12.4. The highest BCUT2D eigenvalue weighted by Crippen LogP contribution is 2.30. The van der Waals surface area contributed by atoms with Crippen LogP contribution in [0.2, 0.25) is 5.02 Å². The van der Waals surface area contributed by atoms with Crippen LogP contribution in [0.25, 0.3) is 0 Å². The first kappa shape index (κ1) is 24.3. The summed E-state index contributed by atoms with van der Waals surface area (Å²) in [6.07, 6.45) is 13.1. The Kier molecular flexibility index (Phi) is 10.4. The molecule has 0 aromatic heterocycles. The number of carbonyl (C=O) groups is 1. The van der Waals surface area contributed by atoms with E-state index in [1.54, 1.807) is 4.90 Å². The number of rotatable bonds is 10. The van der Waals surface area contributed by atoms with Crippen molar-refractivity contribution in [3.63, 3.8) is 0 Å². The van der Waals surface area contributed by atoms with Crippen LogP contribution < -0.4 is 4.90 Å². The van der Waals surface area contributed by atoms with Gasteiger partial charge in [-0.05, 0) is 95.3 Å². The number of halogens is 1. The zero-order valence-corrected chi connectivity index (χ0v) is 19.8. The number of hydrogen-bond acceptors (Lipinski definition) is 4. The first-order valence-corrected chi connectivity index (χ1v) is 12.5. The molecule has 1 saturated carbocycles. The highest BCUT2D eigenvalue weighted by atomic mass is 35.5. The van der Waals surface area contributed by atoms with Gasteiger partial charge in [0.05, 0.1) is 13.2 Å². The van der Waals surface area contributed by atoms with Gasteiger partial charge in [0.2, 0.25) is 0 Å². The first-order valence-electron chi connectivity index (χ1n) is 12.1. The summed E-state index contributed by atoms with van der Waals surface area (Å²) in [4.78, 5) is 16.8. The quantitative estimate of drug-likeness (QED) is 0.393. The number of nitrogens with zero attached hydrogens (tertiary/aromatic N) is 2. The van der Waals surface area contributed by atoms with Crippen LogP contribution in [0, 0.1) is 0 Å². The fraction of sp³-hybridized carbons (Fsp3) is 0.720. The molecule has 174 valence electrons. The van der Waals surface area contributed by atoms with Crippen molar-refractivity contribution in [1.82, 2.24) is 4.90 Å². The van der Waals surface area contributed by atoms with E-state index in [0.29, 0.717) is 11.1 Å².